The average Bonchev–Trinajstić information content (AvgIpc) is 2.63. The zero-order valence-electron chi connectivity index (χ0n) is 13.6. The van der Waals surface area contributed by atoms with Gasteiger partial charge in [-0.25, -0.2) is 0 Å². The highest BCUT2D eigenvalue weighted by molar-refractivity contribution is 7.86. The van der Waals surface area contributed by atoms with E-state index >= 15 is 0 Å². The molecular weight excluding hydrogens is 330 g/mol. The Morgan fingerprint density at radius 3 is 2.12 bits per heavy atom. The topological polar surface area (TPSA) is 70.2 Å². The molecule has 2 heterocycles. The molecule has 7 nitrogen and oxygen atoms in total. The number of benzene rings is 1. The Hall–Kier alpha value is -1.48. The Morgan fingerprint density at radius 2 is 1.50 bits per heavy atom. The Balaban J connectivity index is 1.54. The number of hydrogen-bond acceptors (Lipinski definition) is 4. The van der Waals surface area contributed by atoms with Gasteiger partial charge in [-0.2, -0.15) is 17.0 Å². The lowest BCUT2D eigenvalue weighted by Gasteiger charge is -2.37. The van der Waals surface area contributed by atoms with Crippen LogP contribution >= 0.6 is 0 Å². The van der Waals surface area contributed by atoms with Crippen LogP contribution in [-0.2, 0) is 26.2 Å². The third-order valence-electron chi connectivity index (χ3n) is 4.41. The largest absolute Gasteiger partial charge is 0.379 e. The lowest BCUT2D eigenvalue weighted by Crippen LogP contribution is -2.56. The predicted molar refractivity (Wildman–Crippen MR) is 89.6 cm³/mol. The van der Waals surface area contributed by atoms with Crippen molar-refractivity contribution >= 4 is 16.1 Å². The Morgan fingerprint density at radius 1 is 0.917 bits per heavy atom. The summed E-state index contributed by atoms with van der Waals surface area (Å²) in [6.45, 7) is 3.25. The fraction of sp³-hybridized carbons (Fsp3) is 0.562. The SMILES string of the molecule is O=C(Cc1ccccc1)N1CCN(S(=O)(=O)N2CCOCC2)CC1. The second-order valence-corrected chi connectivity index (χ2v) is 7.89. The van der Waals surface area contributed by atoms with Gasteiger partial charge in [-0.05, 0) is 5.56 Å². The first kappa shape index (κ1) is 17.3. The zero-order valence-corrected chi connectivity index (χ0v) is 14.5. The Labute approximate surface area is 143 Å². The van der Waals surface area contributed by atoms with Gasteiger partial charge in [0.25, 0.3) is 10.2 Å². The van der Waals surface area contributed by atoms with Crippen LogP contribution in [0.15, 0.2) is 30.3 Å². The highest BCUT2D eigenvalue weighted by Gasteiger charge is 2.34. The molecule has 0 N–H and O–H groups in total. The predicted octanol–water partition coefficient (Wildman–Crippen LogP) is -0.0497. The maximum absolute atomic E-state index is 12.6. The molecule has 0 unspecified atom stereocenters. The third-order valence-corrected chi connectivity index (χ3v) is 6.45. The molecule has 0 aromatic heterocycles. The van der Waals surface area contributed by atoms with Crippen molar-refractivity contribution in [2.75, 3.05) is 52.5 Å². The van der Waals surface area contributed by atoms with Crippen LogP contribution in [0, 0.1) is 0 Å². The number of rotatable bonds is 4. The van der Waals surface area contributed by atoms with Crippen molar-refractivity contribution < 1.29 is 17.9 Å². The molecule has 0 bridgehead atoms. The van der Waals surface area contributed by atoms with E-state index in [1.54, 1.807) is 4.90 Å². The zero-order chi connectivity index (χ0) is 17.0. The number of morpholine rings is 1. The first-order valence-corrected chi connectivity index (χ1v) is 9.62. The minimum absolute atomic E-state index is 0.0459. The highest BCUT2D eigenvalue weighted by atomic mass is 32.2. The fourth-order valence-electron chi connectivity index (χ4n) is 2.99. The van der Waals surface area contributed by atoms with Crippen molar-refractivity contribution in [1.29, 1.82) is 0 Å². The second kappa shape index (κ2) is 7.60. The molecule has 132 valence electrons. The van der Waals surface area contributed by atoms with Gasteiger partial charge in [-0.15, -0.1) is 0 Å². The van der Waals surface area contributed by atoms with E-state index in [2.05, 4.69) is 0 Å². The molecule has 2 fully saturated rings. The Bertz CT molecular complexity index is 651. The standard InChI is InChI=1S/C16H23N3O4S/c20-16(14-15-4-2-1-3-5-15)17-6-8-18(9-7-17)24(21,22)19-10-12-23-13-11-19/h1-5H,6-14H2. The molecule has 1 aromatic rings. The number of amides is 1. The molecule has 24 heavy (non-hydrogen) atoms. The summed E-state index contributed by atoms with van der Waals surface area (Å²) in [5.74, 6) is 0.0459. The molecule has 0 aliphatic carbocycles. The molecule has 2 aliphatic heterocycles. The van der Waals surface area contributed by atoms with Crippen molar-refractivity contribution in [3.05, 3.63) is 35.9 Å². The number of hydrogen-bond donors (Lipinski definition) is 0. The summed E-state index contributed by atoms with van der Waals surface area (Å²) in [6.07, 6.45) is 0.358. The Kier molecular flexibility index (Phi) is 5.50. The summed E-state index contributed by atoms with van der Waals surface area (Å²) in [7, 11) is -3.44. The summed E-state index contributed by atoms with van der Waals surface area (Å²) < 4.78 is 33.4. The molecule has 3 rings (SSSR count). The van der Waals surface area contributed by atoms with Gasteiger partial charge in [0.05, 0.1) is 19.6 Å². The lowest BCUT2D eigenvalue weighted by molar-refractivity contribution is -0.131. The van der Waals surface area contributed by atoms with Crippen LogP contribution in [0.5, 0.6) is 0 Å². The number of carbonyl (C=O) groups is 1. The van der Waals surface area contributed by atoms with Crippen molar-refractivity contribution in [2.24, 2.45) is 0 Å². The monoisotopic (exact) mass is 353 g/mol. The smallest absolute Gasteiger partial charge is 0.282 e. The number of carbonyl (C=O) groups excluding carboxylic acids is 1. The van der Waals surface area contributed by atoms with Crippen molar-refractivity contribution in [1.82, 2.24) is 13.5 Å². The van der Waals surface area contributed by atoms with Crippen LogP contribution in [0.3, 0.4) is 0 Å². The molecule has 2 saturated heterocycles. The van der Waals surface area contributed by atoms with Gasteiger partial charge < -0.3 is 9.64 Å². The van der Waals surface area contributed by atoms with Crippen LogP contribution < -0.4 is 0 Å². The minimum Gasteiger partial charge on any atom is -0.379 e. The van der Waals surface area contributed by atoms with Gasteiger partial charge in [0.2, 0.25) is 5.91 Å². The van der Waals surface area contributed by atoms with Crippen LogP contribution in [0.2, 0.25) is 0 Å². The molecule has 0 radical (unpaired) electrons. The minimum atomic E-state index is -3.44. The van der Waals surface area contributed by atoms with E-state index in [4.69, 9.17) is 4.74 Å². The summed E-state index contributed by atoms with van der Waals surface area (Å²) in [6, 6.07) is 9.60. The van der Waals surface area contributed by atoms with Gasteiger partial charge >= 0.3 is 0 Å². The molecule has 1 amide bonds. The summed E-state index contributed by atoms with van der Waals surface area (Å²) in [5.41, 5.74) is 0.978. The van der Waals surface area contributed by atoms with Crippen molar-refractivity contribution in [3.63, 3.8) is 0 Å². The molecular formula is C16H23N3O4S. The van der Waals surface area contributed by atoms with E-state index in [0.29, 0.717) is 58.9 Å². The van der Waals surface area contributed by atoms with Crippen LogP contribution in [0.1, 0.15) is 5.56 Å². The molecule has 0 atom stereocenters. The molecule has 1 aromatic carbocycles. The van der Waals surface area contributed by atoms with E-state index < -0.39 is 10.2 Å². The fourth-order valence-corrected chi connectivity index (χ4v) is 4.55. The summed E-state index contributed by atoms with van der Waals surface area (Å²) >= 11 is 0. The number of nitrogens with zero attached hydrogens (tertiary/aromatic N) is 3. The molecule has 2 aliphatic rings. The third kappa shape index (κ3) is 3.94. The van der Waals surface area contributed by atoms with Crippen molar-refractivity contribution in [2.45, 2.75) is 6.42 Å². The lowest BCUT2D eigenvalue weighted by atomic mass is 10.1. The van der Waals surface area contributed by atoms with Crippen LogP contribution in [0.25, 0.3) is 0 Å². The number of piperazine rings is 1. The summed E-state index contributed by atoms with van der Waals surface area (Å²) in [5, 5.41) is 0. The molecule has 0 saturated carbocycles. The quantitative estimate of drug-likeness (QED) is 0.761. The van der Waals surface area contributed by atoms with Crippen LogP contribution in [0.4, 0.5) is 0 Å². The van der Waals surface area contributed by atoms with Gasteiger partial charge in [0.15, 0.2) is 0 Å². The average molecular weight is 353 g/mol. The van der Waals surface area contributed by atoms with Gasteiger partial charge in [-0.3, -0.25) is 4.79 Å². The van der Waals surface area contributed by atoms with E-state index in [9.17, 15) is 13.2 Å². The number of ether oxygens (including phenoxy) is 1. The first-order valence-electron chi connectivity index (χ1n) is 8.22. The molecule has 8 heteroatoms. The first-order chi connectivity index (χ1) is 11.6. The van der Waals surface area contributed by atoms with Gasteiger partial charge in [-0.1, -0.05) is 30.3 Å². The van der Waals surface area contributed by atoms with E-state index in [-0.39, 0.29) is 5.91 Å². The normalized spacial score (nSPS) is 20.9. The second-order valence-electron chi connectivity index (χ2n) is 5.96. The van der Waals surface area contributed by atoms with E-state index in [1.807, 2.05) is 30.3 Å². The van der Waals surface area contributed by atoms with Gasteiger partial charge in [0.1, 0.15) is 0 Å². The maximum Gasteiger partial charge on any atom is 0.282 e. The molecule has 0 spiro atoms. The highest BCUT2D eigenvalue weighted by Crippen LogP contribution is 2.14. The van der Waals surface area contributed by atoms with E-state index in [1.165, 1.54) is 8.61 Å². The maximum atomic E-state index is 12.6. The van der Waals surface area contributed by atoms with Gasteiger partial charge in [0, 0.05) is 39.3 Å². The van der Waals surface area contributed by atoms with Crippen molar-refractivity contribution in [3.8, 4) is 0 Å². The van der Waals surface area contributed by atoms with E-state index in [0.717, 1.165) is 5.56 Å². The summed E-state index contributed by atoms with van der Waals surface area (Å²) in [4.78, 5) is 14.1. The van der Waals surface area contributed by atoms with Crippen LogP contribution in [-0.4, -0.2) is 80.3 Å².